The Bertz CT molecular complexity index is 893. The molecule has 23 heavy (non-hydrogen) atoms. The molecule has 0 radical (unpaired) electrons. The fraction of sp³-hybridized carbons (Fsp3) is 0.125. The third-order valence-corrected chi connectivity index (χ3v) is 3.15. The van der Waals surface area contributed by atoms with Crippen LogP contribution < -0.4 is 10.1 Å². The first-order chi connectivity index (χ1) is 11.2. The van der Waals surface area contributed by atoms with Crippen LogP contribution in [0.15, 0.2) is 36.7 Å². The van der Waals surface area contributed by atoms with Crippen LogP contribution in [-0.4, -0.2) is 27.4 Å². The number of benzene rings is 1. The van der Waals surface area contributed by atoms with Gasteiger partial charge in [-0.05, 0) is 31.2 Å². The zero-order valence-electron chi connectivity index (χ0n) is 12.3. The zero-order chi connectivity index (χ0) is 16.2. The van der Waals surface area contributed by atoms with E-state index in [0.29, 0.717) is 34.6 Å². The minimum absolute atomic E-state index is 0.219. The molecule has 0 saturated heterocycles. The van der Waals surface area contributed by atoms with Crippen molar-refractivity contribution in [3.05, 3.63) is 47.8 Å². The minimum atomic E-state index is -0.219. The summed E-state index contributed by atoms with van der Waals surface area (Å²) in [6, 6.07) is 8.69. The van der Waals surface area contributed by atoms with Crippen LogP contribution in [0.4, 0.5) is 0 Å². The second-order valence-corrected chi connectivity index (χ2v) is 4.71. The van der Waals surface area contributed by atoms with Crippen molar-refractivity contribution in [1.82, 2.24) is 20.3 Å². The number of aromatic amines is 1. The van der Waals surface area contributed by atoms with Gasteiger partial charge in [-0.25, -0.2) is 9.97 Å². The van der Waals surface area contributed by atoms with E-state index in [1.54, 1.807) is 30.5 Å². The molecule has 7 heteroatoms. The van der Waals surface area contributed by atoms with Crippen LogP contribution in [0, 0.1) is 11.3 Å². The number of nitrogens with one attached hydrogen (secondary N) is 2. The Morgan fingerprint density at radius 1 is 1.39 bits per heavy atom. The normalized spacial score (nSPS) is 10.3. The monoisotopic (exact) mass is 307 g/mol. The van der Waals surface area contributed by atoms with Crippen molar-refractivity contribution in [3.63, 3.8) is 0 Å². The second-order valence-electron chi connectivity index (χ2n) is 4.71. The molecule has 0 saturated carbocycles. The van der Waals surface area contributed by atoms with Gasteiger partial charge >= 0.3 is 0 Å². The van der Waals surface area contributed by atoms with Crippen LogP contribution in [0.1, 0.15) is 22.8 Å². The predicted molar refractivity (Wildman–Crippen MR) is 83.1 cm³/mol. The fourth-order valence-electron chi connectivity index (χ4n) is 2.07. The molecule has 7 nitrogen and oxygen atoms in total. The first-order valence-corrected chi connectivity index (χ1v) is 7.01. The Balaban J connectivity index is 1.90. The molecule has 0 spiro atoms. The molecule has 0 fully saturated rings. The molecular weight excluding hydrogens is 294 g/mol. The lowest BCUT2D eigenvalue weighted by atomic mass is 10.2. The Morgan fingerprint density at radius 2 is 2.17 bits per heavy atom. The number of nitrogens with zero attached hydrogens (tertiary/aromatic N) is 3. The van der Waals surface area contributed by atoms with Crippen molar-refractivity contribution in [1.29, 1.82) is 5.26 Å². The lowest BCUT2D eigenvalue weighted by Gasteiger charge is -2.05. The van der Waals surface area contributed by atoms with Crippen molar-refractivity contribution in [2.45, 2.75) is 6.92 Å². The molecule has 2 heterocycles. The van der Waals surface area contributed by atoms with Gasteiger partial charge in [-0.15, -0.1) is 0 Å². The number of nitriles is 1. The predicted octanol–water partition coefficient (Wildman–Crippen LogP) is 2.37. The third-order valence-electron chi connectivity index (χ3n) is 3.15. The number of aromatic nitrogens is 3. The van der Waals surface area contributed by atoms with Crippen molar-refractivity contribution >= 4 is 17.1 Å². The van der Waals surface area contributed by atoms with Crippen LogP contribution in [0.5, 0.6) is 11.6 Å². The molecule has 0 atom stereocenters. The molecule has 3 aromatic rings. The third kappa shape index (κ3) is 2.96. The van der Waals surface area contributed by atoms with Gasteiger partial charge in [-0.3, -0.25) is 4.79 Å². The lowest BCUT2D eigenvalue weighted by molar-refractivity contribution is 0.0957. The summed E-state index contributed by atoms with van der Waals surface area (Å²) in [5.41, 5.74) is 1.92. The van der Waals surface area contributed by atoms with E-state index in [-0.39, 0.29) is 11.8 Å². The summed E-state index contributed by atoms with van der Waals surface area (Å²) in [7, 11) is 0. The number of hydrogen-bond acceptors (Lipinski definition) is 5. The maximum atomic E-state index is 12.0. The van der Waals surface area contributed by atoms with Gasteiger partial charge in [0.25, 0.3) is 5.91 Å². The topological polar surface area (TPSA) is 104 Å². The molecule has 2 N–H and O–H groups in total. The molecule has 0 unspecified atom stereocenters. The first-order valence-electron chi connectivity index (χ1n) is 7.01. The number of carbonyl (C=O) groups excluding carboxylic acids is 1. The van der Waals surface area contributed by atoms with Crippen LogP contribution in [-0.2, 0) is 0 Å². The quantitative estimate of drug-likeness (QED) is 0.770. The largest absolute Gasteiger partial charge is 0.437 e. The maximum absolute atomic E-state index is 12.0. The summed E-state index contributed by atoms with van der Waals surface area (Å²) in [5.74, 6) is 0.587. The average Bonchev–Trinajstić information content (AvgIpc) is 2.99. The number of carbonyl (C=O) groups is 1. The zero-order valence-corrected chi connectivity index (χ0v) is 12.3. The van der Waals surface area contributed by atoms with Crippen LogP contribution in [0.2, 0.25) is 0 Å². The first kappa shape index (κ1) is 14.5. The van der Waals surface area contributed by atoms with Gasteiger partial charge in [-0.1, -0.05) is 0 Å². The highest BCUT2D eigenvalue weighted by atomic mass is 16.5. The highest BCUT2D eigenvalue weighted by molar-refractivity contribution is 6.04. The van der Waals surface area contributed by atoms with Gasteiger partial charge < -0.3 is 15.0 Å². The van der Waals surface area contributed by atoms with Gasteiger partial charge in [0.15, 0.2) is 5.65 Å². The molecule has 0 aliphatic carbocycles. The van der Waals surface area contributed by atoms with Crippen LogP contribution in [0.3, 0.4) is 0 Å². The van der Waals surface area contributed by atoms with E-state index in [1.165, 1.54) is 6.20 Å². The van der Waals surface area contributed by atoms with Gasteiger partial charge in [-0.2, -0.15) is 5.26 Å². The van der Waals surface area contributed by atoms with E-state index < -0.39 is 0 Å². The number of amides is 1. The molecule has 0 bridgehead atoms. The van der Waals surface area contributed by atoms with E-state index in [2.05, 4.69) is 20.3 Å². The Morgan fingerprint density at radius 3 is 2.87 bits per heavy atom. The van der Waals surface area contributed by atoms with E-state index in [0.717, 1.165) is 0 Å². The summed E-state index contributed by atoms with van der Waals surface area (Å²) in [5, 5.41) is 11.5. The number of rotatable bonds is 4. The molecule has 0 aliphatic heterocycles. The number of H-pyrrole nitrogens is 1. The summed E-state index contributed by atoms with van der Waals surface area (Å²) < 4.78 is 5.62. The molecule has 1 aromatic carbocycles. The van der Waals surface area contributed by atoms with E-state index in [4.69, 9.17) is 10.00 Å². The number of hydrogen-bond donors (Lipinski definition) is 2. The van der Waals surface area contributed by atoms with Gasteiger partial charge in [0.1, 0.15) is 11.3 Å². The molecular formula is C16H13N5O2. The Hall–Kier alpha value is -3.40. The standard InChI is InChI=1S/C16H13N5O2/c1-2-18-16(22)12-8-19-15-14(12)21-13(9-20-15)23-11-5-3-10(7-17)4-6-11/h3-6,8-9H,2H2,1H3,(H,18,22)(H,19,20). The van der Waals surface area contributed by atoms with Crippen LogP contribution >= 0.6 is 0 Å². The van der Waals surface area contributed by atoms with Crippen molar-refractivity contribution in [2.75, 3.05) is 6.54 Å². The van der Waals surface area contributed by atoms with Gasteiger partial charge in [0.05, 0.1) is 23.4 Å². The average molecular weight is 307 g/mol. The SMILES string of the molecule is CCNC(=O)c1c[nH]c2ncc(Oc3ccc(C#N)cc3)nc12. The van der Waals surface area contributed by atoms with Crippen molar-refractivity contribution in [3.8, 4) is 17.7 Å². The van der Waals surface area contributed by atoms with Gasteiger partial charge in [0, 0.05) is 12.7 Å². The van der Waals surface area contributed by atoms with E-state index in [9.17, 15) is 4.79 Å². The van der Waals surface area contributed by atoms with Crippen molar-refractivity contribution < 1.29 is 9.53 Å². The maximum Gasteiger partial charge on any atom is 0.255 e. The highest BCUT2D eigenvalue weighted by Crippen LogP contribution is 2.22. The highest BCUT2D eigenvalue weighted by Gasteiger charge is 2.14. The molecule has 114 valence electrons. The molecule has 1 amide bonds. The minimum Gasteiger partial charge on any atom is -0.437 e. The summed E-state index contributed by atoms with van der Waals surface area (Å²) >= 11 is 0. The summed E-state index contributed by atoms with van der Waals surface area (Å²) in [4.78, 5) is 23.4. The number of fused-ring (bicyclic) bond motifs is 1. The van der Waals surface area contributed by atoms with Crippen LogP contribution in [0.25, 0.3) is 11.2 Å². The molecule has 0 aliphatic rings. The lowest BCUT2D eigenvalue weighted by Crippen LogP contribution is -2.22. The van der Waals surface area contributed by atoms with Crippen molar-refractivity contribution in [2.24, 2.45) is 0 Å². The van der Waals surface area contributed by atoms with E-state index >= 15 is 0 Å². The molecule has 3 rings (SSSR count). The Kier molecular flexibility index (Phi) is 3.89. The smallest absolute Gasteiger partial charge is 0.255 e. The van der Waals surface area contributed by atoms with E-state index in [1.807, 2.05) is 13.0 Å². The molecule has 2 aromatic heterocycles. The fourth-order valence-corrected chi connectivity index (χ4v) is 2.07. The van der Waals surface area contributed by atoms with Gasteiger partial charge in [0.2, 0.25) is 5.88 Å². The number of ether oxygens (including phenoxy) is 1. The Labute approximate surface area is 131 Å². The summed E-state index contributed by atoms with van der Waals surface area (Å²) in [6.07, 6.45) is 3.04. The second kappa shape index (κ2) is 6.15. The summed E-state index contributed by atoms with van der Waals surface area (Å²) in [6.45, 7) is 2.37.